The number of halogens is 1. The van der Waals surface area contributed by atoms with E-state index in [2.05, 4.69) is 52.0 Å². The Morgan fingerprint density at radius 1 is 1.20 bits per heavy atom. The molecule has 0 bridgehead atoms. The second-order valence-electron chi connectivity index (χ2n) is 5.22. The van der Waals surface area contributed by atoms with Gasteiger partial charge in [-0.1, -0.05) is 18.2 Å². The van der Waals surface area contributed by atoms with Crippen LogP contribution in [0, 0.1) is 0 Å². The summed E-state index contributed by atoms with van der Waals surface area (Å²) in [5.41, 5.74) is 4.47. The van der Waals surface area contributed by atoms with Crippen LogP contribution in [-0.4, -0.2) is 12.3 Å². The van der Waals surface area contributed by atoms with Gasteiger partial charge in [0, 0.05) is 21.8 Å². The predicted octanol–water partition coefficient (Wildman–Crippen LogP) is 4.73. The molecule has 0 aliphatic carbocycles. The number of fused-ring (bicyclic) bond motifs is 1. The standard InChI is InChI=1S/C17H16BrNO/c1-12-6-8-14-4-2-3-5-16(14)19(12)17-9-7-13(11-20)10-15(17)18/h2-5,7,9-12H,6,8H2,1H3. The Balaban J connectivity index is 2.11. The van der Waals surface area contributed by atoms with E-state index >= 15 is 0 Å². The van der Waals surface area contributed by atoms with Crippen LogP contribution in [0.5, 0.6) is 0 Å². The molecular weight excluding hydrogens is 314 g/mol. The first kappa shape index (κ1) is 13.4. The SMILES string of the molecule is CC1CCc2ccccc2N1c1ccc(C=O)cc1Br. The summed E-state index contributed by atoms with van der Waals surface area (Å²) >= 11 is 3.60. The third-order valence-corrected chi connectivity index (χ3v) is 4.53. The zero-order valence-corrected chi connectivity index (χ0v) is 12.9. The van der Waals surface area contributed by atoms with Crippen molar-refractivity contribution in [2.24, 2.45) is 0 Å². The molecule has 1 atom stereocenters. The molecule has 1 unspecified atom stereocenters. The second kappa shape index (κ2) is 5.41. The number of carbonyl (C=O) groups is 1. The largest absolute Gasteiger partial charge is 0.337 e. The Labute approximate surface area is 127 Å². The molecule has 0 spiro atoms. The Bertz CT molecular complexity index is 653. The number of anilines is 2. The lowest BCUT2D eigenvalue weighted by atomic mass is 9.96. The predicted molar refractivity (Wildman–Crippen MR) is 85.9 cm³/mol. The third-order valence-electron chi connectivity index (χ3n) is 3.89. The highest BCUT2D eigenvalue weighted by atomic mass is 79.9. The molecule has 3 heteroatoms. The average molecular weight is 330 g/mol. The van der Waals surface area contributed by atoms with Crippen LogP contribution in [0.1, 0.15) is 29.3 Å². The molecule has 2 aromatic carbocycles. The van der Waals surface area contributed by atoms with Crippen molar-refractivity contribution in [2.45, 2.75) is 25.8 Å². The number of hydrogen-bond acceptors (Lipinski definition) is 2. The molecule has 1 aliphatic rings. The van der Waals surface area contributed by atoms with Crippen molar-refractivity contribution < 1.29 is 4.79 Å². The molecule has 0 N–H and O–H groups in total. The number of rotatable bonds is 2. The summed E-state index contributed by atoms with van der Waals surface area (Å²) in [5.74, 6) is 0. The summed E-state index contributed by atoms with van der Waals surface area (Å²) in [6.45, 7) is 2.25. The van der Waals surface area contributed by atoms with E-state index in [-0.39, 0.29) is 0 Å². The van der Waals surface area contributed by atoms with E-state index in [0.29, 0.717) is 11.6 Å². The van der Waals surface area contributed by atoms with Crippen molar-refractivity contribution in [3.05, 3.63) is 58.1 Å². The Morgan fingerprint density at radius 3 is 2.75 bits per heavy atom. The summed E-state index contributed by atoms with van der Waals surface area (Å²) in [7, 11) is 0. The molecule has 1 heterocycles. The first-order chi connectivity index (χ1) is 9.70. The highest BCUT2D eigenvalue weighted by Crippen LogP contribution is 2.40. The minimum Gasteiger partial charge on any atom is -0.337 e. The number of benzene rings is 2. The number of hydrogen-bond donors (Lipinski definition) is 0. The van der Waals surface area contributed by atoms with Gasteiger partial charge in [0.15, 0.2) is 0 Å². The van der Waals surface area contributed by atoms with Gasteiger partial charge < -0.3 is 4.90 Å². The summed E-state index contributed by atoms with van der Waals surface area (Å²) < 4.78 is 0.964. The lowest BCUT2D eigenvalue weighted by molar-refractivity contribution is 0.112. The normalized spacial score (nSPS) is 17.7. The molecule has 2 nitrogen and oxygen atoms in total. The van der Waals surface area contributed by atoms with Gasteiger partial charge in [-0.05, 0) is 65.5 Å². The Morgan fingerprint density at radius 2 is 2.00 bits per heavy atom. The van der Waals surface area contributed by atoms with Crippen molar-refractivity contribution in [2.75, 3.05) is 4.90 Å². The van der Waals surface area contributed by atoms with Gasteiger partial charge in [0.2, 0.25) is 0 Å². The highest BCUT2D eigenvalue weighted by molar-refractivity contribution is 9.10. The van der Waals surface area contributed by atoms with Gasteiger partial charge >= 0.3 is 0 Å². The van der Waals surface area contributed by atoms with E-state index in [1.807, 2.05) is 18.2 Å². The van der Waals surface area contributed by atoms with E-state index < -0.39 is 0 Å². The monoisotopic (exact) mass is 329 g/mol. The Kier molecular flexibility index (Phi) is 3.62. The molecule has 20 heavy (non-hydrogen) atoms. The van der Waals surface area contributed by atoms with Crippen molar-refractivity contribution in [1.29, 1.82) is 0 Å². The first-order valence-electron chi connectivity index (χ1n) is 6.82. The molecule has 2 aromatic rings. The van der Waals surface area contributed by atoms with E-state index in [1.54, 1.807) is 0 Å². The van der Waals surface area contributed by atoms with Gasteiger partial charge in [0.05, 0.1) is 5.69 Å². The van der Waals surface area contributed by atoms with E-state index in [1.165, 1.54) is 11.3 Å². The molecule has 1 aliphatic heterocycles. The molecule has 0 amide bonds. The topological polar surface area (TPSA) is 20.3 Å². The van der Waals surface area contributed by atoms with E-state index in [4.69, 9.17) is 0 Å². The number of aryl methyl sites for hydroxylation is 1. The van der Waals surface area contributed by atoms with Crippen LogP contribution < -0.4 is 4.90 Å². The maximum atomic E-state index is 10.9. The fraction of sp³-hybridized carbons (Fsp3) is 0.235. The van der Waals surface area contributed by atoms with Crippen LogP contribution in [0.4, 0.5) is 11.4 Å². The fourth-order valence-corrected chi connectivity index (χ4v) is 3.43. The zero-order chi connectivity index (χ0) is 14.1. The van der Waals surface area contributed by atoms with Gasteiger partial charge in [-0.25, -0.2) is 0 Å². The van der Waals surface area contributed by atoms with Gasteiger partial charge in [-0.3, -0.25) is 4.79 Å². The van der Waals surface area contributed by atoms with Crippen molar-refractivity contribution in [3.8, 4) is 0 Å². The number of nitrogens with zero attached hydrogens (tertiary/aromatic N) is 1. The van der Waals surface area contributed by atoms with E-state index in [0.717, 1.165) is 29.3 Å². The van der Waals surface area contributed by atoms with Crippen molar-refractivity contribution in [1.82, 2.24) is 0 Å². The minimum atomic E-state index is 0.447. The molecule has 102 valence electrons. The second-order valence-corrected chi connectivity index (χ2v) is 6.07. The summed E-state index contributed by atoms with van der Waals surface area (Å²) in [4.78, 5) is 13.2. The fourth-order valence-electron chi connectivity index (χ4n) is 2.85. The highest BCUT2D eigenvalue weighted by Gasteiger charge is 2.25. The number of aldehydes is 1. The summed E-state index contributed by atoms with van der Waals surface area (Å²) in [6, 6.07) is 14.8. The van der Waals surface area contributed by atoms with Crippen molar-refractivity contribution >= 4 is 33.6 Å². The van der Waals surface area contributed by atoms with Crippen molar-refractivity contribution in [3.63, 3.8) is 0 Å². The molecule has 0 aromatic heterocycles. The summed E-state index contributed by atoms with van der Waals surface area (Å²) in [5, 5.41) is 0. The lowest BCUT2D eigenvalue weighted by Gasteiger charge is -2.37. The zero-order valence-electron chi connectivity index (χ0n) is 11.3. The maximum absolute atomic E-state index is 10.9. The van der Waals surface area contributed by atoms with Gasteiger partial charge in [-0.2, -0.15) is 0 Å². The maximum Gasteiger partial charge on any atom is 0.150 e. The molecule has 3 rings (SSSR count). The van der Waals surface area contributed by atoms with Crippen LogP contribution >= 0.6 is 15.9 Å². The third kappa shape index (κ3) is 2.27. The quantitative estimate of drug-likeness (QED) is 0.742. The molecule has 0 fully saturated rings. The minimum absolute atomic E-state index is 0.447. The van der Waals surface area contributed by atoms with Gasteiger partial charge in [0.1, 0.15) is 6.29 Å². The van der Waals surface area contributed by atoms with Crippen LogP contribution in [0.15, 0.2) is 46.9 Å². The molecule has 0 saturated carbocycles. The van der Waals surface area contributed by atoms with Crippen LogP contribution in [-0.2, 0) is 6.42 Å². The molecule has 0 radical (unpaired) electrons. The van der Waals surface area contributed by atoms with Crippen LogP contribution in [0.25, 0.3) is 0 Å². The Hall–Kier alpha value is -1.61. The average Bonchev–Trinajstić information content (AvgIpc) is 2.48. The number of carbonyl (C=O) groups excluding carboxylic acids is 1. The van der Waals surface area contributed by atoms with Gasteiger partial charge in [0.25, 0.3) is 0 Å². The smallest absolute Gasteiger partial charge is 0.150 e. The van der Waals surface area contributed by atoms with Crippen LogP contribution in [0.2, 0.25) is 0 Å². The number of para-hydroxylation sites is 1. The molecule has 0 saturated heterocycles. The van der Waals surface area contributed by atoms with Gasteiger partial charge in [-0.15, -0.1) is 0 Å². The molecular formula is C17H16BrNO. The van der Waals surface area contributed by atoms with E-state index in [9.17, 15) is 4.79 Å². The van der Waals surface area contributed by atoms with Crippen LogP contribution in [0.3, 0.4) is 0 Å². The summed E-state index contributed by atoms with van der Waals surface area (Å²) in [6.07, 6.45) is 3.14. The first-order valence-corrected chi connectivity index (χ1v) is 7.62. The lowest BCUT2D eigenvalue weighted by Crippen LogP contribution is -2.33.